The molecule has 0 amide bonds. The first-order valence-corrected chi connectivity index (χ1v) is 7.83. The van der Waals surface area contributed by atoms with Gasteiger partial charge in [-0.3, -0.25) is 0 Å². The topological polar surface area (TPSA) is 0 Å². The Hall–Kier alpha value is 0.180. The van der Waals surface area contributed by atoms with Crippen LogP contribution in [0.25, 0.3) is 0 Å². The van der Waals surface area contributed by atoms with E-state index in [1.807, 2.05) is 0 Å². The predicted octanol–water partition coefficient (Wildman–Crippen LogP) is 5.34. The van der Waals surface area contributed by atoms with Gasteiger partial charge in [-0.25, -0.2) is 0 Å². The minimum atomic E-state index is 0.743. The van der Waals surface area contributed by atoms with E-state index in [2.05, 4.69) is 56.1 Å². The molecule has 2 heteroatoms. The molecule has 0 spiro atoms. The van der Waals surface area contributed by atoms with Crippen LogP contribution in [-0.2, 0) is 6.42 Å². The second kappa shape index (κ2) is 6.20. The maximum atomic E-state index is 3.80. The Morgan fingerprint density at radius 1 is 1.19 bits per heavy atom. The van der Waals surface area contributed by atoms with Crippen LogP contribution < -0.4 is 0 Å². The van der Waals surface area contributed by atoms with Gasteiger partial charge in [0.1, 0.15) is 0 Å². The molecule has 2 rings (SSSR count). The van der Waals surface area contributed by atoms with E-state index >= 15 is 0 Å². The standard InChI is InChI=1S/C14H18Br2/c15-13-6-2-1-4-11(9-13)8-12-5-3-7-14(16)10-12/h3,5,7,10-11,13H,1-2,4,6,8-9H2. The van der Waals surface area contributed by atoms with Gasteiger partial charge in [-0.15, -0.1) is 0 Å². The highest BCUT2D eigenvalue weighted by Crippen LogP contribution is 2.30. The van der Waals surface area contributed by atoms with E-state index in [4.69, 9.17) is 0 Å². The second-order valence-corrected chi connectivity index (χ2v) is 7.03. The lowest BCUT2D eigenvalue weighted by Gasteiger charge is -2.16. The van der Waals surface area contributed by atoms with Crippen LogP contribution in [0, 0.1) is 5.92 Å². The van der Waals surface area contributed by atoms with Crippen molar-refractivity contribution >= 4 is 31.9 Å². The van der Waals surface area contributed by atoms with Gasteiger partial charge in [0.2, 0.25) is 0 Å². The third-order valence-corrected chi connectivity index (χ3v) is 4.71. The van der Waals surface area contributed by atoms with Crippen molar-refractivity contribution in [2.75, 3.05) is 0 Å². The van der Waals surface area contributed by atoms with Gasteiger partial charge in [0.05, 0.1) is 0 Å². The minimum absolute atomic E-state index is 0.743. The molecule has 0 radical (unpaired) electrons. The summed E-state index contributed by atoms with van der Waals surface area (Å²) in [7, 11) is 0. The van der Waals surface area contributed by atoms with Gasteiger partial charge in [0, 0.05) is 9.30 Å². The van der Waals surface area contributed by atoms with E-state index in [1.54, 1.807) is 0 Å². The molecule has 1 fully saturated rings. The van der Waals surface area contributed by atoms with Crippen LogP contribution in [0.4, 0.5) is 0 Å². The molecule has 0 heterocycles. The van der Waals surface area contributed by atoms with Gasteiger partial charge in [-0.05, 0) is 42.9 Å². The zero-order chi connectivity index (χ0) is 11.4. The Labute approximate surface area is 115 Å². The number of hydrogen-bond acceptors (Lipinski definition) is 0. The number of alkyl halides is 1. The predicted molar refractivity (Wildman–Crippen MR) is 77.1 cm³/mol. The maximum Gasteiger partial charge on any atom is 0.0177 e. The Balaban J connectivity index is 1.97. The van der Waals surface area contributed by atoms with E-state index < -0.39 is 0 Å². The van der Waals surface area contributed by atoms with Gasteiger partial charge in [0.25, 0.3) is 0 Å². The number of hydrogen-bond donors (Lipinski definition) is 0. The molecule has 2 atom stereocenters. The van der Waals surface area contributed by atoms with Crippen LogP contribution in [0.15, 0.2) is 28.7 Å². The highest BCUT2D eigenvalue weighted by atomic mass is 79.9. The molecule has 1 aromatic rings. The Kier molecular flexibility index (Phi) is 4.90. The molecule has 1 aliphatic carbocycles. The monoisotopic (exact) mass is 344 g/mol. The molecular weight excluding hydrogens is 328 g/mol. The van der Waals surface area contributed by atoms with E-state index in [0.717, 1.165) is 10.7 Å². The fourth-order valence-electron chi connectivity index (χ4n) is 2.58. The first-order valence-electron chi connectivity index (χ1n) is 6.12. The lowest BCUT2D eigenvalue weighted by Crippen LogP contribution is -2.08. The van der Waals surface area contributed by atoms with Crippen molar-refractivity contribution in [3.05, 3.63) is 34.3 Å². The van der Waals surface area contributed by atoms with Gasteiger partial charge < -0.3 is 0 Å². The van der Waals surface area contributed by atoms with Crippen LogP contribution in [0.1, 0.15) is 37.7 Å². The SMILES string of the molecule is Brc1cccc(CC2CCCCC(Br)C2)c1. The first-order chi connectivity index (χ1) is 7.74. The zero-order valence-electron chi connectivity index (χ0n) is 9.46. The smallest absolute Gasteiger partial charge is 0.0177 e. The average molecular weight is 346 g/mol. The number of rotatable bonds is 2. The fraction of sp³-hybridized carbons (Fsp3) is 0.571. The molecule has 0 saturated heterocycles. The third-order valence-electron chi connectivity index (χ3n) is 3.38. The molecule has 0 bridgehead atoms. The van der Waals surface area contributed by atoms with E-state index in [0.29, 0.717) is 0 Å². The first kappa shape index (κ1) is 12.6. The third kappa shape index (κ3) is 3.89. The zero-order valence-corrected chi connectivity index (χ0v) is 12.6. The molecule has 0 nitrogen and oxygen atoms in total. The van der Waals surface area contributed by atoms with Crippen LogP contribution in [0.5, 0.6) is 0 Å². The van der Waals surface area contributed by atoms with Crippen molar-refractivity contribution in [1.82, 2.24) is 0 Å². The largest absolute Gasteiger partial charge is 0.0891 e. The molecule has 0 aromatic heterocycles. The lowest BCUT2D eigenvalue weighted by atomic mass is 9.92. The van der Waals surface area contributed by atoms with Crippen molar-refractivity contribution in [3.63, 3.8) is 0 Å². The highest BCUT2D eigenvalue weighted by Gasteiger charge is 2.18. The van der Waals surface area contributed by atoms with Crippen LogP contribution in [-0.4, -0.2) is 4.83 Å². The summed E-state index contributed by atoms with van der Waals surface area (Å²) in [6, 6.07) is 8.75. The molecule has 88 valence electrons. The van der Waals surface area contributed by atoms with E-state index in [-0.39, 0.29) is 0 Å². The molecule has 1 aliphatic rings. The molecule has 1 aromatic carbocycles. The van der Waals surface area contributed by atoms with Crippen LogP contribution >= 0.6 is 31.9 Å². The summed E-state index contributed by atoms with van der Waals surface area (Å²) in [5, 5.41) is 0. The van der Waals surface area contributed by atoms with Crippen LogP contribution in [0.2, 0.25) is 0 Å². The molecular formula is C14H18Br2. The van der Waals surface area contributed by atoms with Crippen molar-refractivity contribution < 1.29 is 0 Å². The minimum Gasteiger partial charge on any atom is -0.0891 e. The van der Waals surface area contributed by atoms with Crippen molar-refractivity contribution in [2.45, 2.75) is 43.4 Å². The summed E-state index contributed by atoms with van der Waals surface area (Å²) in [6.45, 7) is 0. The summed E-state index contributed by atoms with van der Waals surface area (Å²) in [4.78, 5) is 0.743. The van der Waals surface area contributed by atoms with Crippen molar-refractivity contribution in [1.29, 1.82) is 0 Å². The maximum absolute atomic E-state index is 3.80. The van der Waals surface area contributed by atoms with Crippen LogP contribution in [0.3, 0.4) is 0 Å². The van der Waals surface area contributed by atoms with E-state index in [1.165, 1.54) is 48.6 Å². The summed E-state index contributed by atoms with van der Waals surface area (Å²) < 4.78 is 1.20. The highest BCUT2D eigenvalue weighted by molar-refractivity contribution is 9.10. The molecule has 0 N–H and O–H groups in total. The Bertz CT molecular complexity index is 335. The summed E-state index contributed by atoms with van der Waals surface area (Å²) in [6.07, 6.45) is 8.13. The van der Waals surface area contributed by atoms with Gasteiger partial charge in [-0.1, -0.05) is 63.3 Å². The molecule has 16 heavy (non-hydrogen) atoms. The summed E-state index contributed by atoms with van der Waals surface area (Å²) in [5.41, 5.74) is 1.47. The Morgan fingerprint density at radius 3 is 2.81 bits per heavy atom. The van der Waals surface area contributed by atoms with E-state index in [9.17, 15) is 0 Å². The quantitative estimate of drug-likeness (QED) is 0.501. The van der Waals surface area contributed by atoms with Crippen molar-refractivity contribution in [2.24, 2.45) is 5.92 Å². The number of benzene rings is 1. The summed E-state index contributed by atoms with van der Waals surface area (Å²) in [5.74, 6) is 0.862. The number of halogens is 2. The second-order valence-electron chi connectivity index (χ2n) is 4.82. The average Bonchev–Trinajstić information content (AvgIpc) is 2.43. The molecule has 2 unspecified atom stereocenters. The normalized spacial score (nSPS) is 26.4. The van der Waals surface area contributed by atoms with Gasteiger partial charge in [-0.2, -0.15) is 0 Å². The summed E-state index contributed by atoms with van der Waals surface area (Å²) >= 11 is 7.34. The van der Waals surface area contributed by atoms with Gasteiger partial charge >= 0.3 is 0 Å². The lowest BCUT2D eigenvalue weighted by molar-refractivity contribution is 0.463. The molecule has 0 aliphatic heterocycles. The fourth-order valence-corrected chi connectivity index (χ4v) is 3.88. The van der Waals surface area contributed by atoms with Gasteiger partial charge in [0.15, 0.2) is 0 Å². The van der Waals surface area contributed by atoms with Crippen molar-refractivity contribution in [3.8, 4) is 0 Å². The Morgan fingerprint density at radius 2 is 2.00 bits per heavy atom. The molecule has 1 saturated carbocycles.